The molecule has 0 spiro atoms. The van der Waals surface area contributed by atoms with Gasteiger partial charge in [-0.3, -0.25) is 9.59 Å². The summed E-state index contributed by atoms with van der Waals surface area (Å²) >= 11 is 0. The quantitative estimate of drug-likeness (QED) is 0.572. The van der Waals surface area contributed by atoms with Gasteiger partial charge in [0, 0.05) is 28.4 Å². The third kappa shape index (κ3) is 3.66. The smallest absolute Gasteiger partial charge is 0.318 e. The van der Waals surface area contributed by atoms with Crippen LogP contribution >= 0.6 is 0 Å². The number of hydrogen-bond donors (Lipinski definition) is 2. The lowest BCUT2D eigenvalue weighted by molar-refractivity contribution is -0.870. The van der Waals surface area contributed by atoms with Crippen molar-refractivity contribution in [3.8, 4) is 0 Å². The summed E-state index contributed by atoms with van der Waals surface area (Å²) in [6.07, 6.45) is 3.11. The van der Waals surface area contributed by atoms with Crippen LogP contribution < -0.4 is 10.6 Å². The first-order valence-corrected chi connectivity index (χ1v) is 6.98. The van der Waals surface area contributed by atoms with E-state index in [-0.39, 0.29) is 6.61 Å². The van der Waals surface area contributed by atoms with Crippen LogP contribution in [0.4, 0.5) is 0 Å². The van der Waals surface area contributed by atoms with Gasteiger partial charge < -0.3 is 14.6 Å². The van der Waals surface area contributed by atoms with Crippen molar-refractivity contribution < 1.29 is 19.2 Å². The Kier molecular flexibility index (Phi) is 4.54. The second kappa shape index (κ2) is 6.21. The highest BCUT2D eigenvalue weighted by molar-refractivity contribution is 6.48. The number of nitrogens with zero attached hydrogens (tertiary/aromatic N) is 2. The molecule has 6 heteroatoms. The standard InChI is InChI=1S/C11H6N2O2.C5H14NO/c14-9-5-6-1-2-8-7(3-4-12-8)10(6)13-11(9)15;1-6(2,3)4-5-7/h1-5,12H;7H,4-5H2,1-3H3/q;+1. The number of quaternary nitrogens is 1. The average Bonchev–Trinajstić information content (AvgIpc) is 2.88. The lowest BCUT2D eigenvalue weighted by atomic mass is 10.1. The molecule has 2 aromatic rings. The van der Waals surface area contributed by atoms with Crippen molar-refractivity contribution in [3.63, 3.8) is 0 Å². The minimum absolute atomic E-state index is 0.281. The molecule has 0 fully saturated rings. The second-order valence-electron chi connectivity index (χ2n) is 6.11. The number of aromatic nitrogens is 1. The van der Waals surface area contributed by atoms with E-state index < -0.39 is 11.7 Å². The summed E-state index contributed by atoms with van der Waals surface area (Å²) in [6.45, 7) is 1.11. The number of fused-ring (bicyclic) bond motifs is 3. The van der Waals surface area contributed by atoms with Gasteiger partial charge in [-0.2, -0.15) is 0 Å². The molecule has 2 N–H and O–H groups in total. The maximum Gasteiger partial charge on any atom is 0.318 e. The molecule has 0 saturated heterocycles. The second-order valence-corrected chi connectivity index (χ2v) is 6.11. The van der Waals surface area contributed by atoms with Gasteiger partial charge in [-0.1, -0.05) is 6.07 Å². The van der Waals surface area contributed by atoms with E-state index in [1.165, 1.54) is 6.08 Å². The van der Waals surface area contributed by atoms with Gasteiger partial charge in [0.05, 0.1) is 33.1 Å². The van der Waals surface area contributed by atoms with Crippen LogP contribution in [0.1, 0.15) is 0 Å². The number of aliphatic hydroxyl groups is 1. The van der Waals surface area contributed by atoms with E-state index in [1.807, 2.05) is 12.1 Å². The van der Waals surface area contributed by atoms with Crippen LogP contribution in [0.3, 0.4) is 0 Å². The highest BCUT2D eigenvalue weighted by Gasteiger charge is 2.14. The van der Waals surface area contributed by atoms with Crippen molar-refractivity contribution in [2.75, 3.05) is 34.3 Å². The van der Waals surface area contributed by atoms with Crippen molar-refractivity contribution in [2.45, 2.75) is 0 Å². The number of H-pyrrole nitrogens is 1. The van der Waals surface area contributed by atoms with E-state index in [1.54, 1.807) is 12.3 Å². The Balaban J connectivity index is 0.000000217. The van der Waals surface area contributed by atoms with Crippen LogP contribution in [0.25, 0.3) is 17.0 Å². The van der Waals surface area contributed by atoms with Crippen LogP contribution in [-0.4, -0.2) is 60.6 Å². The molecule has 0 radical (unpaired) electrons. The van der Waals surface area contributed by atoms with Gasteiger partial charge in [-0.25, -0.2) is 4.99 Å². The van der Waals surface area contributed by atoms with Gasteiger partial charge in [0.1, 0.15) is 6.54 Å². The normalized spacial score (nSPS) is 13.8. The average molecular weight is 302 g/mol. The predicted molar refractivity (Wildman–Crippen MR) is 83.5 cm³/mol. The Bertz CT molecular complexity index is 828. The molecule has 6 nitrogen and oxygen atoms in total. The molecule has 1 aromatic carbocycles. The maximum absolute atomic E-state index is 11.2. The minimum atomic E-state index is -0.698. The Morgan fingerprint density at radius 2 is 1.91 bits per heavy atom. The summed E-state index contributed by atoms with van der Waals surface area (Å²) in [6, 6.07) is 5.49. The molecule has 2 heterocycles. The molecule has 0 bridgehead atoms. The van der Waals surface area contributed by atoms with Crippen LogP contribution in [0.5, 0.6) is 0 Å². The molecule has 22 heavy (non-hydrogen) atoms. The fourth-order valence-electron chi connectivity index (χ4n) is 2.04. The Morgan fingerprint density at radius 3 is 2.50 bits per heavy atom. The summed E-state index contributed by atoms with van der Waals surface area (Å²) in [5.41, 5.74) is 0.910. The molecule has 116 valence electrons. The first-order valence-electron chi connectivity index (χ1n) is 6.98. The molecule has 1 aliphatic heterocycles. The summed E-state index contributed by atoms with van der Waals surface area (Å²) < 4.78 is 0.844. The highest BCUT2D eigenvalue weighted by atomic mass is 16.3. The number of hydrogen-bond acceptors (Lipinski definition) is 3. The highest BCUT2D eigenvalue weighted by Crippen LogP contribution is 2.04. The number of aromatic amines is 1. The van der Waals surface area contributed by atoms with Crippen LogP contribution in [-0.2, 0) is 9.59 Å². The van der Waals surface area contributed by atoms with Gasteiger partial charge in [0.2, 0.25) is 5.78 Å². The zero-order valence-electron chi connectivity index (χ0n) is 13.0. The van der Waals surface area contributed by atoms with Crippen molar-refractivity contribution in [2.24, 2.45) is 4.99 Å². The molecular weight excluding hydrogens is 282 g/mol. The van der Waals surface area contributed by atoms with E-state index in [9.17, 15) is 9.59 Å². The Hall–Kier alpha value is -2.31. The number of Topliss-reactive ketones (excluding diaryl/α,β-unsaturated/α-hetero) is 1. The maximum atomic E-state index is 11.2. The first kappa shape index (κ1) is 16.1. The number of aliphatic hydroxyl groups excluding tert-OH is 1. The first-order chi connectivity index (χ1) is 10.3. The SMILES string of the molecule is C[N+](C)(C)CCO.O=C1C=c2ccc3[nH]ccc3c2=NC1=O. The van der Waals surface area contributed by atoms with Crippen molar-refractivity contribution in [1.82, 2.24) is 4.98 Å². The third-order valence-corrected chi connectivity index (χ3v) is 3.22. The van der Waals surface area contributed by atoms with E-state index in [2.05, 4.69) is 31.1 Å². The molecule has 1 amide bonds. The molecule has 0 unspecified atom stereocenters. The van der Waals surface area contributed by atoms with Gasteiger partial charge in [0.15, 0.2) is 0 Å². The van der Waals surface area contributed by atoms with Crippen LogP contribution in [0.2, 0.25) is 0 Å². The topological polar surface area (TPSA) is 82.5 Å². The molecule has 3 rings (SSSR count). The Morgan fingerprint density at radius 1 is 1.18 bits per heavy atom. The van der Waals surface area contributed by atoms with Gasteiger partial charge in [-0.05, 0) is 12.1 Å². The minimum Gasteiger partial charge on any atom is -0.391 e. The number of amides is 1. The number of likely N-dealkylation sites (N-methyl/N-ethyl adjacent to an activating group) is 1. The van der Waals surface area contributed by atoms with Gasteiger partial charge in [-0.15, -0.1) is 0 Å². The number of carbonyl (C=O) groups excluding carboxylic acids is 2. The molecule has 0 atom stereocenters. The van der Waals surface area contributed by atoms with E-state index in [4.69, 9.17) is 5.11 Å². The number of rotatable bonds is 2. The van der Waals surface area contributed by atoms with Crippen LogP contribution in [0, 0.1) is 0 Å². The lowest BCUT2D eigenvalue weighted by Gasteiger charge is -2.21. The summed E-state index contributed by atoms with van der Waals surface area (Å²) in [4.78, 5) is 29.1. The fourth-order valence-corrected chi connectivity index (χ4v) is 2.04. The largest absolute Gasteiger partial charge is 0.391 e. The van der Waals surface area contributed by atoms with Crippen molar-refractivity contribution >= 4 is 28.7 Å². The predicted octanol–water partition coefficient (Wildman–Crippen LogP) is -0.638. The van der Waals surface area contributed by atoms with Gasteiger partial charge >= 0.3 is 5.91 Å². The summed E-state index contributed by atoms with van der Waals surface area (Å²) in [7, 11) is 6.16. The monoisotopic (exact) mass is 302 g/mol. The Labute approximate surface area is 128 Å². The molecule has 0 saturated carbocycles. The van der Waals surface area contributed by atoms with Gasteiger partial charge in [0.25, 0.3) is 0 Å². The molecule has 1 aliphatic rings. The number of nitrogens with one attached hydrogen (secondary N) is 1. The molecule has 0 aliphatic carbocycles. The van der Waals surface area contributed by atoms with Crippen molar-refractivity contribution in [1.29, 1.82) is 0 Å². The van der Waals surface area contributed by atoms with E-state index >= 15 is 0 Å². The van der Waals surface area contributed by atoms with E-state index in [0.717, 1.165) is 21.9 Å². The zero-order chi connectivity index (χ0) is 16.3. The number of ketones is 1. The fraction of sp³-hybridized carbons (Fsp3) is 0.312. The summed E-state index contributed by atoms with van der Waals surface area (Å²) in [5, 5.41) is 10.5. The third-order valence-electron chi connectivity index (χ3n) is 3.22. The van der Waals surface area contributed by atoms with Crippen molar-refractivity contribution in [3.05, 3.63) is 35.0 Å². The molecule has 1 aromatic heterocycles. The zero-order valence-corrected chi connectivity index (χ0v) is 13.0. The summed E-state index contributed by atoms with van der Waals surface area (Å²) in [5.74, 6) is -1.26. The number of benzene rings is 1. The number of carbonyl (C=O) groups is 2. The van der Waals surface area contributed by atoms with Crippen LogP contribution in [0.15, 0.2) is 29.4 Å². The molecular formula is C16H20N3O3+. The lowest BCUT2D eigenvalue weighted by Crippen LogP contribution is -2.36. The van der Waals surface area contributed by atoms with E-state index in [0.29, 0.717) is 10.6 Å².